The Hall–Kier alpha value is -3.35. The molecule has 3 heteroatoms. The van der Waals surface area contributed by atoms with Crippen LogP contribution in [0.1, 0.15) is 72.9 Å². The predicted octanol–water partition coefficient (Wildman–Crippen LogP) is 14.9. The Morgan fingerprint density at radius 1 is 0.603 bits per heavy atom. The Labute approximate surface area is 375 Å². The first-order valence-corrected chi connectivity index (χ1v) is 21.7. The quantitative estimate of drug-likeness (QED) is 0.176. The van der Waals surface area contributed by atoms with E-state index >= 15 is 0 Å². The van der Waals surface area contributed by atoms with E-state index in [0.717, 1.165) is 6.42 Å². The van der Waals surface area contributed by atoms with Crippen molar-refractivity contribution in [2.75, 3.05) is 0 Å². The zero-order valence-corrected chi connectivity index (χ0v) is 39.4. The van der Waals surface area contributed by atoms with Crippen LogP contribution >= 0.6 is 24.8 Å². The van der Waals surface area contributed by atoms with Crippen molar-refractivity contribution in [1.82, 2.24) is 0 Å². The molecule has 0 N–H and O–H groups in total. The molecule has 6 aliphatic rings. The summed E-state index contributed by atoms with van der Waals surface area (Å²) in [6, 6.07) is 30.6. The van der Waals surface area contributed by atoms with Crippen LogP contribution in [0, 0.1) is 56.3 Å². The van der Waals surface area contributed by atoms with Crippen molar-refractivity contribution in [3.05, 3.63) is 199 Å². The van der Waals surface area contributed by atoms with Crippen LogP contribution in [0.25, 0.3) is 21.5 Å². The summed E-state index contributed by atoms with van der Waals surface area (Å²) < 4.78 is 1.41. The van der Waals surface area contributed by atoms with Gasteiger partial charge < -0.3 is 6.42 Å². The topological polar surface area (TPSA) is 0 Å². The maximum atomic E-state index is 2.99. The Balaban J connectivity index is 0.000000173. The number of hydrogen-bond acceptors (Lipinski definition) is 0. The third-order valence-electron chi connectivity index (χ3n) is 16.7. The van der Waals surface area contributed by atoms with Gasteiger partial charge in [-0.3, -0.25) is 6.08 Å². The van der Waals surface area contributed by atoms with Crippen molar-refractivity contribution in [3.8, 4) is 0 Å². The van der Waals surface area contributed by atoms with Crippen LogP contribution in [-0.2, 0) is 24.2 Å². The first-order chi connectivity index (χ1) is 26.7. The van der Waals surface area contributed by atoms with Gasteiger partial charge in [-0.15, -0.1) is 48.6 Å². The molecule has 0 bridgehead atoms. The minimum absolute atomic E-state index is 0. The van der Waals surface area contributed by atoms with Crippen LogP contribution in [0.4, 0.5) is 0 Å². The number of allylic oxidation sites excluding steroid dienone is 16. The summed E-state index contributed by atoms with van der Waals surface area (Å²) in [5.41, 5.74) is 4.39. The van der Waals surface area contributed by atoms with E-state index in [1.165, 1.54) is 65.7 Å². The van der Waals surface area contributed by atoms with Crippen LogP contribution in [0.5, 0.6) is 0 Å². The molecule has 0 amide bonds. The van der Waals surface area contributed by atoms with Crippen LogP contribution in [0.2, 0.25) is 0 Å². The molecule has 10 rings (SSSR count). The molecule has 4 aromatic carbocycles. The Morgan fingerprint density at radius 3 is 1.57 bits per heavy atom. The van der Waals surface area contributed by atoms with Crippen molar-refractivity contribution < 1.29 is 24.2 Å². The molecular weight excluding hydrogens is 823 g/mol. The van der Waals surface area contributed by atoms with Crippen LogP contribution in [0.3, 0.4) is 0 Å². The Bertz CT molecular complexity index is 2400. The molecule has 0 spiro atoms. The fourth-order valence-electron chi connectivity index (χ4n) is 12.4. The van der Waals surface area contributed by atoms with Gasteiger partial charge in [0.2, 0.25) is 0 Å². The van der Waals surface area contributed by atoms with E-state index in [0.29, 0.717) is 5.92 Å². The fourth-order valence-corrected chi connectivity index (χ4v) is 13.2. The molecule has 0 heterocycles. The summed E-state index contributed by atoms with van der Waals surface area (Å²) in [7, 11) is 0. The standard InChI is InChI=1S/C29H37.C21H14.C5H5.2ClH.Zr/c1-21-14-13-15-22-20-27(6)25(4)18-10-9-16-23(25,2)24(3)17-11-12-19-26(24,5)29(27,8)28(21,22)7;1-3-7-20-14-16(9-11-18(20)5-1)13-17-10-12-19-6-2-4-8-21(19)15-17;1-2-4-5-3-1;;;/h9-20,22H,1-8H3;1-12,14-15H;1-3H,4H2;2*1H;/q-1;;-1;;;+2. The number of rotatable bonds is 2. The van der Waals surface area contributed by atoms with Crippen LogP contribution in [-0.4, -0.2) is 3.21 Å². The molecule has 8 unspecified atom stereocenters. The van der Waals surface area contributed by atoms with Gasteiger partial charge in [-0.25, -0.2) is 12.2 Å². The van der Waals surface area contributed by atoms with Crippen molar-refractivity contribution >= 4 is 49.6 Å². The van der Waals surface area contributed by atoms with Gasteiger partial charge in [-0.1, -0.05) is 115 Å². The molecule has 0 nitrogen and oxygen atoms in total. The molecule has 0 aromatic heterocycles. The van der Waals surface area contributed by atoms with E-state index < -0.39 is 0 Å². The first kappa shape index (κ1) is 44.2. The first-order valence-electron chi connectivity index (χ1n) is 20.5. The van der Waals surface area contributed by atoms with E-state index in [2.05, 4.69) is 226 Å². The summed E-state index contributed by atoms with van der Waals surface area (Å²) in [5, 5.41) is 5.21. The van der Waals surface area contributed by atoms with Crippen molar-refractivity contribution in [1.29, 1.82) is 0 Å². The summed E-state index contributed by atoms with van der Waals surface area (Å²) in [6.07, 6.45) is 39.3. The predicted molar refractivity (Wildman–Crippen MR) is 251 cm³/mol. The van der Waals surface area contributed by atoms with Crippen molar-refractivity contribution in [3.63, 3.8) is 0 Å². The average molecular weight is 881 g/mol. The SMILES string of the molecule is CC1=CC=CC2[CH-]C3(C)C4(C)C=CC=CC4(C)C4(C)C=CC=CC4(C)C3(C)C12C.Cl.Cl.[C-]1=CC=CC1.[Zr+2]=[C](c1ccc2ccccc2c1)c1ccc2ccccc2c1. The van der Waals surface area contributed by atoms with Gasteiger partial charge in [0, 0.05) is 10.8 Å². The van der Waals surface area contributed by atoms with Crippen molar-refractivity contribution in [2.45, 2.75) is 61.8 Å². The number of benzene rings is 4. The summed E-state index contributed by atoms with van der Waals surface area (Å²) in [6.45, 7) is 20.3. The van der Waals surface area contributed by atoms with Gasteiger partial charge in [0.25, 0.3) is 0 Å². The number of fused-ring (bicyclic) bond motifs is 10. The molecule has 8 atom stereocenters. The molecule has 6 aliphatic carbocycles. The molecule has 0 saturated heterocycles. The van der Waals surface area contributed by atoms with Crippen LogP contribution in [0.15, 0.2) is 176 Å². The second-order valence-corrected chi connectivity index (χ2v) is 19.4. The van der Waals surface area contributed by atoms with Gasteiger partial charge in [-0.2, -0.15) is 6.08 Å². The molecule has 0 radical (unpaired) electrons. The third kappa shape index (κ3) is 5.95. The minimum atomic E-state index is 0. The van der Waals surface area contributed by atoms with Gasteiger partial charge in [0.1, 0.15) is 0 Å². The Kier molecular flexibility index (Phi) is 12.1. The summed E-state index contributed by atoms with van der Waals surface area (Å²) >= 11 is 1.44. The van der Waals surface area contributed by atoms with E-state index in [4.69, 9.17) is 0 Å². The fraction of sp³-hybridized carbons (Fsp3) is 0.309. The monoisotopic (exact) mass is 878 g/mol. The summed E-state index contributed by atoms with van der Waals surface area (Å²) in [4.78, 5) is 0. The molecule has 58 heavy (non-hydrogen) atoms. The second-order valence-electron chi connectivity index (χ2n) is 18.2. The summed E-state index contributed by atoms with van der Waals surface area (Å²) in [5.74, 6) is 0.460. The van der Waals surface area contributed by atoms with Crippen LogP contribution < -0.4 is 0 Å². The number of halogens is 2. The molecule has 2 fully saturated rings. The van der Waals surface area contributed by atoms with Gasteiger partial charge >= 0.3 is 145 Å². The molecule has 2 saturated carbocycles. The third-order valence-corrected chi connectivity index (χ3v) is 18.1. The average Bonchev–Trinajstić information content (AvgIpc) is 3.87. The van der Waals surface area contributed by atoms with Gasteiger partial charge in [0.15, 0.2) is 0 Å². The van der Waals surface area contributed by atoms with E-state index in [1.54, 1.807) is 0 Å². The molecule has 4 aromatic rings. The van der Waals surface area contributed by atoms with Gasteiger partial charge in [0.05, 0.1) is 0 Å². The molecule has 0 aliphatic heterocycles. The van der Waals surface area contributed by atoms with Gasteiger partial charge in [-0.05, 0) is 28.6 Å². The van der Waals surface area contributed by atoms with E-state index in [9.17, 15) is 0 Å². The number of hydrogen-bond donors (Lipinski definition) is 0. The zero-order valence-electron chi connectivity index (χ0n) is 35.3. The second kappa shape index (κ2) is 15.9. The maximum absolute atomic E-state index is 2.99. The normalized spacial score (nSPS) is 35.2. The van der Waals surface area contributed by atoms with E-state index in [1.807, 2.05) is 12.2 Å². The molecule has 296 valence electrons. The van der Waals surface area contributed by atoms with Crippen molar-refractivity contribution in [2.24, 2.45) is 43.8 Å². The van der Waals surface area contributed by atoms with E-state index in [-0.39, 0.29) is 62.7 Å². The zero-order chi connectivity index (χ0) is 39.6. The Morgan fingerprint density at radius 2 is 1.09 bits per heavy atom. The molecular formula is C55H58Cl2Zr.